The second-order valence-corrected chi connectivity index (χ2v) is 5.91. The number of benzene rings is 1. The van der Waals surface area contributed by atoms with Gasteiger partial charge in [-0.15, -0.1) is 0 Å². The number of anilines is 1. The Bertz CT molecular complexity index is 551. The first-order chi connectivity index (χ1) is 10.2. The first-order valence-corrected chi connectivity index (χ1v) is 7.65. The lowest BCUT2D eigenvalue weighted by atomic mass is 9.85. The average Bonchev–Trinajstić information content (AvgIpc) is 2.80. The lowest BCUT2D eigenvalue weighted by Gasteiger charge is -2.24. The van der Waals surface area contributed by atoms with Crippen molar-refractivity contribution in [1.82, 2.24) is 10.6 Å². The number of carbonyl (C=O) groups is 1. The Kier molecular flexibility index (Phi) is 4.08. The van der Waals surface area contributed by atoms with Crippen LogP contribution in [0.4, 0.5) is 5.69 Å². The molecule has 5 heteroatoms. The highest BCUT2D eigenvalue weighted by molar-refractivity contribution is 5.93. The van der Waals surface area contributed by atoms with Gasteiger partial charge in [0.1, 0.15) is 0 Å². The molecule has 1 amide bonds. The van der Waals surface area contributed by atoms with Crippen LogP contribution in [-0.4, -0.2) is 24.5 Å². The summed E-state index contributed by atoms with van der Waals surface area (Å²) >= 11 is 0. The number of hydrogen-bond donors (Lipinski definition) is 3. The van der Waals surface area contributed by atoms with E-state index in [1.165, 1.54) is 6.42 Å². The van der Waals surface area contributed by atoms with Gasteiger partial charge in [-0.1, -0.05) is 18.6 Å². The molecule has 1 heterocycles. The number of aliphatic imine (C=N–C) groups is 1. The lowest BCUT2D eigenvalue weighted by molar-refractivity contribution is -0.122. The molecule has 0 aromatic heterocycles. The zero-order valence-corrected chi connectivity index (χ0v) is 12.4. The van der Waals surface area contributed by atoms with E-state index in [1.807, 2.05) is 24.3 Å². The fourth-order valence-electron chi connectivity index (χ4n) is 2.52. The first kappa shape index (κ1) is 13.9. The summed E-state index contributed by atoms with van der Waals surface area (Å²) in [4.78, 5) is 16.3. The normalized spacial score (nSPS) is 21.2. The highest BCUT2D eigenvalue weighted by Crippen LogP contribution is 2.27. The van der Waals surface area contributed by atoms with Gasteiger partial charge < -0.3 is 16.0 Å². The minimum atomic E-state index is 0.155. The number of hydrogen-bond acceptors (Lipinski definition) is 4. The molecule has 3 N–H and O–H groups in total. The third kappa shape index (κ3) is 3.54. The van der Waals surface area contributed by atoms with Crippen LogP contribution in [-0.2, 0) is 11.3 Å². The molecule has 1 saturated carbocycles. The van der Waals surface area contributed by atoms with E-state index < -0.39 is 0 Å². The fourth-order valence-corrected chi connectivity index (χ4v) is 2.52. The maximum absolute atomic E-state index is 12.0. The van der Waals surface area contributed by atoms with Gasteiger partial charge in [-0.25, -0.2) is 0 Å². The molecule has 1 aromatic rings. The van der Waals surface area contributed by atoms with Crippen molar-refractivity contribution in [3.8, 4) is 0 Å². The molecule has 1 fully saturated rings. The molecule has 1 aromatic carbocycles. The molecule has 2 aliphatic rings. The summed E-state index contributed by atoms with van der Waals surface area (Å²) < 4.78 is 0. The Balaban J connectivity index is 1.54. The van der Waals surface area contributed by atoms with Crippen molar-refractivity contribution in [3.05, 3.63) is 29.8 Å². The van der Waals surface area contributed by atoms with Crippen LogP contribution in [0.5, 0.6) is 0 Å². The summed E-state index contributed by atoms with van der Waals surface area (Å²) in [6, 6.07) is 8.38. The van der Waals surface area contributed by atoms with Crippen molar-refractivity contribution >= 4 is 17.6 Å². The van der Waals surface area contributed by atoms with Gasteiger partial charge >= 0.3 is 0 Å². The summed E-state index contributed by atoms with van der Waals surface area (Å²) in [5, 5.41) is 9.56. The van der Waals surface area contributed by atoms with Crippen LogP contribution in [0.15, 0.2) is 29.3 Å². The molecule has 112 valence electrons. The molecule has 1 atom stereocenters. The number of rotatable bonds is 4. The standard InChI is InChI=1S/C16H22N4O/c1-11-9-17-16(19-11)18-10-12-4-2-7-14(8-12)20-15(21)13-5-3-6-13/h2,4,7-8,11,13H,3,5-6,9-10H2,1H3,(H,20,21)(H2,17,18,19). The molecule has 1 unspecified atom stereocenters. The quantitative estimate of drug-likeness (QED) is 0.791. The van der Waals surface area contributed by atoms with E-state index in [-0.39, 0.29) is 11.8 Å². The van der Waals surface area contributed by atoms with Crippen LogP contribution >= 0.6 is 0 Å². The van der Waals surface area contributed by atoms with Gasteiger partial charge in [0, 0.05) is 24.2 Å². The molecule has 1 aliphatic heterocycles. The van der Waals surface area contributed by atoms with Crippen LogP contribution in [0.25, 0.3) is 0 Å². The van der Waals surface area contributed by atoms with Crippen molar-refractivity contribution in [2.24, 2.45) is 10.9 Å². The Morgan fingerprint density at radius 3 is 2.95 bits per heavy atom. The Morgan fingerprint density at radius 2 is 2.29 bits per heavy atom. The molecular formula is C16H22N4O. The molecule has 21 heavy (non-hydrogen) atoms. The van der Waals surface area contributed by atoms with E-state index in [1.54, 1.807) is 0 Å². The summed E-state index contributed by atoms with van der Waals surface area (Å²) in [6.07, 6.45) is 3.23. The molecule has 0 radical (unpaired) electrons. The lowest BCUT2D eigenvalue weighted by Crippen LogP contribution is -2.37. The largest absolute Gasteiger partial charge is 0.352 e. The molecule has 0 saturated heterocycles. The summed E-state index contributed by atoms with van der Waals surface area (Å²) in [5.41, 5.74) is 2.01. The molecule has 0 spiro atoms. The van der Waals surface area contributed by atoms with E-state index >= 15 is 0 Å². The van der Waals surface area contributed by atoms with E-state index in [0.29, 0.717) is 12.6 Å². The number of nitrogens with zero attached hydrogens (tertiary/aromatic N) is 1. The topological polar surface area (TPSA) is 65.5 Å². The maximum Gasteiger partial charge on any atom is 0.227 e. The summed E-state index contributed by atoms with van der Waals surface area (Å²) in [5.74, 6) is 1.22. The van der Waals surface area contributed by atoms with Gasteiger partial charge in [0.15, 0.2) is 5.96 Å². The zero-order valence-electron chi connectivity index (χ0n) is 12.4. The number of nitrogens with one attached hydrogen (secondary N) is 3. The number of carbonyl (C=O) groups excluding carboxylic acids is 1. The van der Waals surface area contributed by atoms with Crippen LogP contribution in [0, 0.1) is 5.92 Å². The van der Waals surface area contributed by atoms with E-state index in [4.69, 9.17) is 0 Å². The van der Waals surface area contributed by atoms with Crippen molar-refractivity contribution in [2.45, 2.75) is 38.8 Å². The smallest absolute Gasteiger partial charge is 0.227 e. The van der Waals surface area contributed by atoms with Gasteiger partial charge in [-0.05, 0) is 37.5 Å². The summed E-state index contributed by atoms with van der Waals surface area (Å²) in [6.45, 7) is 3.63. The minimum absolute atomic E-state index is 0.155. The Morgan fingerprint density at radius 1 is 1.43 bits per heavy atom. The number of amides is 1. The van der Waals surface area contributed by atoms with E-state index in [2.05, 4.69) is 27.9 Å². The van der Waals surface area contributed by atoms with Crippen molar-refractivity contribution in [2.75, 3.05) is 11.9 Å². The van der Waals surface area contributed by atoms with Crippen molar-refractivity contribution in [1.29, 1.82) is 0 Å². The highest BCUT2D eigenvalue weighted by atomic mass is 16.1. The van der Waals surface area contributed by atoms with E-state index in [9.17, 15) is 4.79 Å². The first-order valence-electron chi connectivity index (χ1n) is 7.65. The average molecular weight is 286 g/mol. The molecule has 1 aliphatic carbocycles. The third-order valence-corrected chi connectivity index (χ3v) is 4.04. The van der Waals surface area contributed by atoms with Crippen LogP contribution in [0.3, 0.4) is 0 Å². The van der Waals surface area contributed by atoms with Crippen molar-refractivity contribution < 1.29 is 4.79 Å². The SMILES string of the molecule is CC1CN=C(NCc2cccc(NC(=O)C3CCC3)c2)N1. The molecular weight excluding hydrogens is 264 g/mol. The molecule has 3 rings (SSSR count). The van der Waals surface area contributed by atoms with Crippen LogP contribution in [0.1, 0.15) is 31.7 Å². The third-order valence-electron chi connectivity index (χ3n) is 4.04. The maximum atomic E-state index is 12.0. The Hall–Kier alpha value is -2.04. The summed E-state index contributed by atoms with van der Waals surface area (Å²) in [7, 11) is 0. The molecule has 0 bridgehead atoms. The van der Waals surface area contributed by atoms with Crippen LogP contribution in [0.2, 0.25) is 0 Å². The second-order valence-electron chi connectivity index (χ2n) is 5.91. The van der Waals surface area contributed by atoms with Crippen LogP contribution < -0.4 is 16.0 Å². The van der Waals surface area contributed by atoms with Gasteiger partial charge in [0.05, 0.1) is 6.54 Å². The van der Waals surface area contributed by atoms with E-state index in [0.717, 1.165) is 36.6 Å². The highest BCUT2D eigenvalue weighted by Gasteiger charge is 2.25. The van der Waals surface area contributed by atoms with Gasteiger partial charge in [-0.2, -0.15) is 0 Å². The van der Waals surface area contributed by atoms with Crippen molar-refractivity contribution in [3.63, 3.8) is 0 Å². The zero-order chi connectivity index (χ0) is 14.7. The van der Waals surface area contributed by atoms with Gasteiger partial charge in [0.2, 0.25) is 5.91 Å². The van der Waals surface area contributed by atoms with Gasteiger partial charge in [-0.3, -0.25) is 9.79 Å². The second kappa shape index (κ2) is 6.16. The number of guanidine groups is 1. The molecule has 5 nitrogen and oxygen atoms in total. The minimum Gasteiger partial charge on any atom is -0.352 e. The Labute approximate surface area is 125 Å². The predicted octanol–water partition coefficient (Wildman–Crippen LogP) is 1.86. The predicted molar refractivity (Wildman–Crippen MR) is 84.2 cm³/mol. The monoisotopic (exact) mass is 286 g/mol. The van der Waals surface area contributed by atoms with Gasteiger partial charge in [0.25, 0.3) is 0 Å². The fraction of sp³-hybridized carbons (Fsp3) is 0.500.